The molecule has 11 nitrogen and oxygen atoms in total. The molecule has 0 rings (SSSR count). The smallest absolute Gasteiger partial charge is 0.114 e. The van der Waals surface area contributed by atoms with Crippen LogP contribution in [-0.2, 0) is 43.3 Å². The summed E-state index contributed by atoms with van der Waals surface area (Å²) in [7, 11) is -5.17. The van der Waals surface area contributed by atoms with Gasteiger partial charge in [-0.2, -0.15) is 0 Å². The van der Waals surface area contributed by atoms with Crippen molar-refractivity contribution in [3.05, 3.63) is 0 Å². The van der Waals surface area contributed by atoms with Gasteiger partial charge in [-0.1, -0.05) is 0 Å². The van der Waals surface area contributed by atoms with Crippen LogP contribution in [0.3, 0.4) is 0 Å². The van der Waals surface area contributed by atoms with Gasteiger partial charge in [0.25, 0.3) is 0 Å². The predicted molar refractivity (Wildman–Crippen MR) is 39.7 cm³/mol. The first-order valence-electron chi connectivity index (χ1n) is 3.78. The largest absolute Gasteiger partial charge is 0.759 e. The van der Waals surface area contributed by atoms with Gasteiger partial charge in [0.05, 0.1) is 5.97 Å². The molecule has 1 N–H and O–H groups in total. The Kier molecular flexibility index (Phi) is 10.7. The van der Waals surface area contributed by atoms with Crippen LogP contribution in [0.4, 0.5) is 0 Å². The quantitative estimate of drug-likeness (QED) is 0.367. The van der Waals surface area contributed by atoms with Crippen molar-refractivity contribution in [1.29, 1.82) is 0 Å². The topological polar surface area (TPSA) is 221 Å². The van der Waals surface area contributed by atoms with Crippen molar-refractivity contribution < 1.29 is 70.9 Å². The average Bonchev–Trinajstić information content (AvgIpc) is 1.95. The van der Waals surface area contributed by atoms with Crippen LogP contribution < -0.4 is 15.3 Å². The molecule has 111 valence electrons. The van der Waals surface area contributed by atoms with Gasteiger partial charge in [0, 0.05) is 53.7 Å². The zero-order valence-electron chi connectivity index (χ0n) is 8.80. The van der Waals surface area contributed by atoms with Crippen LogP contribution in [0.5, 0.6) is 0 Å². The molecule has 0 spiro atoms. The van der Waals surface area contributed by atoms with Crippen LogP contribution >= 0.6 is 0 Å². The third-order valence-corrected chi connectivity index (χ3v) is 1.25. The summed E-state index contributed by atoms with van der Waals surface area (Å²) in [6.45, 7) is 0. The van der Waals surface area contributed by atoms with Crippen molar-refractivity contribution >= 4 is 28.3 Å². The van der Waals surface area contributed by atoms with Crippen LogP contribution in [0.15, 0.2) is 0 Å². The molecule has 0 amide bonds. The number of aliphatic hydroxyl groups is 1. The number of rotatable bonds is 5. The molecule has 1 radical (unpaired) electrons. The summed E-state index contributed by atoms with van der Waals surface area (Å²) in [6, 6.07) is 0. The molecular formula is C6H5O11SV-5. The normalized spacial score (nSPS) is 10.5. The summed E-state index contributed by atoms with van der Waals surface area (Å²) in [5, 5.41) is 38.9. The van der Waals surface area contributed by atoms with E-state index in [2.05, 4.69) is 0 Å². The molecule has 0 saturated heterocycles. The molecule has 0 aliphatic rings. The maximum absolute atomic E-state index is 10.1. The summed E-state index contributed by atoms with van der Waals surface area (Å²) in [4.78, 5) is 30.0. The van der Waals surface area contributed by atoms with Gasteiger partial charge in [-0.3, -0.25) is 8.42 Å². The van der Waals surface area contributed by atoms with Gasteiger partial charge in [-0.15, -0.1) is 0 Å². The molecule has 0 aromatic rings. The number of hydrogen-bond acceptors (Lipinski definition) is 11. The van der Waals surface area contributed by atoms with Crippen LogP contribution in [-0.4, -0.2) is 46.1 Å². The third kappa shape index (κ3) is 16.8. The fourth-order valence-electron chi connectivity index (χ4n) is 0.684. The zero-order chi connectivity index (χ0) is 15.1. The third-order valence-electron chi connectivity index (χ3n) is 1.25. The number of carbonyl (C=O) groups excluding carboxylic acids is 3. The maximum atomic E-state index is 10.1. The van der Waals surface area contributed by atoms with Gasteiger partial charge in [-0.25, -0.2) is 0 Å². The van der Waals surface area contributed by atoms with E-state index in [1.54, 1.807) is 0 Å². The van der Waals surface area contributed by atoms with Gasteiger partial charge in [0.15, 0.2) is 0 Å². The molecule has 0 unspecified atom stereocenters. The molecule has 0 aromatic heterocycles. The van der Waals surface area contributed by atoms with E-state index in [-0.39, 0.29) is 18.6 Å². The molecule has 13 heteroatoms. The van der Waals surface area contributed by atoms with Gasteiger partial charge >= 0.3 is 0 Å². The number of hydrogen-bond donors (Lipinski definition) is 1. The summed E-state index contributed by atoms with van der Waals surface area (Å²) < 4.78 is 34.1. The number of carboxylic acid groups (broad SMARTS) is 3. The molecule has 0 heterocycles. The summed E-state index contributed by atoms with van der Waals surface area (Å²) in [6.07, 6.45) is -2.72. The first-order valence-corrected chi connectivity index (χ1v) is 5.11. The Balaban J connectivity index is -0.000000366. The van der Waals surface area contributed by atoms with Gasteiger partial charge in [0.1, 0.15) is 5.60 Å². The number of carbonyl (C=O) groups is 3. The SMILES string of the molecule is O=C([O-])CC(O)(CC(=O)[O-])C(=O)[O-].O=S(=O)([O-])[O-].[V]. The predicted octanol–water partition coefficient (Wildman–Crippen LogP) is -6.59. The zero-order valence-corrected chi connectivity index (χ0v) is 11.0. The second-order valence-electron chi connectivity index (χ2n) is 2.82. The Bertz CT molecular complexity index is 402. The Hall–Kier alpha value is -1.18. The average molecular weight is 336 g/mol. The number of aliphatic carboxylic acids is 3. The molecule has 19 heavy (non-hydrogen) atoms. The molecule has 0 fully saturated rings. The fraction of sp³-hybridized carbons (Fsp3) is 0.500. The minimum absolute atomic E-state index is 0. The van der Waals surface area contributed by atoms with Gasteiger partial charge in [0.2, 0.25) is 0 Å². The van der Waals surface area contributed by atoms with E-state index in [1.165, 1.54) is 0 Å². The summed E-state index contributed by atoms with van der Waals surface area (Å²) in [5.74, 6) is -5.98. The fourth-order valence-corrected chi connectivity index (χ4v) is 0.684. The van der Waals surface area contributed by atoms with Crippen molar-refractivity contribution in [3.8, 4) is 0 Å². The van der Waals surface area contributed by atoms with Crippen molar-refractivity contribution in [2.75, 3.05) is 0 Å². The van der Waals surface area contributed by atoms with Crippen LogP contribution in [0.25, 0.3) is 0 Å². The molecule has 0 bridgehead atoms. The van der Waals surface area contributed by atoms with E-state index in [0.29, 0.717) is 0 Å². The summed E-state index contributed by atoms with van der Waals surface area (Å²) in [5.41, 5.74) is -2.97. The van der Waals surface area contributed by atoms with E-state index in [1.807, 2.05) is 0 Å². The molecule has 0 aliphatic carbocycles. The molecule has 0 saturated carbocycles. The van der Waals surface area contributed by atoms with Crippen molar-refractivity contribution in [3.63, 3.8) is 0 Å². The standard InChI is InChI=1S/C6H8O7.H2O4S.V/c7-3(8)1-6(13,5(11)12)2-4(9)10;1-5(2,3)4;/h13H,1-2H2,(H,7,8)(H,9,10)(H,11,12);(H2,1,2,3,4);/p-5. The van der Waals surface area contributed by atoms with Crippen molar-refractivity contribution in [2.45, 2.75) is 18.4 Å². The van der Waals surface area contributed by atoms with E-state index in [4.69, 9.17) is 22.6 Å². The van der Waals surface area contributed by atoms with Crippen molar-refractivity contribution in [1.82, 2.24) is 0 Å². The van der Waals surface area contributed by atoms with E-state index >= 15 is 0 Å². The van der Waals surface area contributed by atoms with Gasteiger partial charge in [-0.05, 0) is 0 Å². The Labute approximate surface area is 118 Å². The number of carboxylic acids is 3. The van der Waals surface area contributed by atoms with Gasteiger partial charge < -0.3 is 43.9 Å². The van der Waals surface area contributed by atoms with Crippen LogP contribution in [0, 0.1) is 0 Å². The molecule has 0 aliphatic heterocycles. The molecular weight excluding hydrogens is 331 g/mol. The Morgan fingerprint density at radius 2 is 1.16 bits per heavy atom. The van der Waals surface area contributed by atoms with E-state index in [0.717, 1.165) is 0 Å². The maximum Gasteiger partial charge on any atom is 0.114 e. The monoisotopic (exact) mass is 336 g/mol. The van der Waals surface area contributed by atoms with Crippen molar-refractivity contribution in [2.24, 2.45) is 0 Å². The second kappa shape index (κ2) is 8.85. The van der Waals surface area contributed by atoms with Crippen LogP contribution in [0.2, 0.25) is 0 Å². The van der Waals surface area contributed by atoms with E-state index < -0.39 is 46.7 Å². The Morgan fingerprint density at radius 3 is 1.26 bits per heavy atom. The molecule has 0 aromatic carbocycles. The van der Waals surface area contributed by atoms with Crippen LogP contribution in [0.1, 0.15) is 12.8 Å². The van der Waals surface area contributed by atoms with E-state index in [9.17, 15) is 29.7 Å². The summed E-state index contributed by atoms with van der Waals surface area (Å²) >= 11 is 0. The molecule has 0 atom stereocenters. The minimum Gasteiger partial charge on any atom is -0.759 e. The first kappa shape index (κ1) is 23.0. The Morgan fingerprint density at radius 1 is 0.947 bits per heavy atom. The minimum atomic E-state index is -5.17. The second-order valence-corrected chi connectivity index (χ2v) is 3.64. The first-order chi connectivity index (χ1) is 7.78.